The molecule has 10 nitrogen and oxygen atoms in total. The maximum absolute atomic E-state index is 15.4. The number of hydrogen-bond acceptors (Lipinski definition) is 12. The van der Waals surface area contributed by atoms with Gasteiger partial charge in [-0.25, -0.2) is 133 Å². The lowest BCUT2D eigenvalue weighted by atomic mass is 9.95. The van der Waals surface area contributed by atoms with Crippen molar-refractivity contribution in [1.29, 1.82) is 0 Å². The van der Waals surface area contributed by atoms with Crippen LogP contribution in [0, 0.1) is 233 Å². The summed E-state index contributed by atoms with van der Waals surface area (Å²) in [5, 5.41) is 0. The largest absolute Gasteiger partial charge is 0.447 e. The Balaban J connectivity index is 0.000000261. The Morgan fingerprint density at radius 2 is 0.298 bits per heavy atom. The highest BCUT2D eigenvalue weighted by Gasteiger charge is 2.44. The van der Waals surface area contributed by atoms with E-state index in [-0.39, 0.29) is 0 Å². The maximum Gasteiger partial charge on any atom is 0.350 e. The third kappa shape index (κ3) is 14.0. The van der Waals surface area contributed by atoms with E-state index >= 15 is 17.6 Å². The standard InChI is InChI=1S/2C31H2F20O5S/c2*32-6-5(7(33)9(35)10(36)8(6)34)4-2(31(52)56-57)1-3(53-28-20(46)14(40)11(37)15(41)21(28)47)26(54-29-22(48)16(42)12(38)17(43)23(29)49)27(4)55-30-24(50)18(44)13(39)19(45)25(30)51/h2*1,57H. The minimum atomic E-state index is -3.12. The van der Waals surface area contributed by atoms with Crippen molar-refractivity contribution >= 4 is 37.8 Å². The highest BCUT2D eigenvalue weighted by molar-refractivity contribution is 7.75. The SMILES string of the molecule is O=C(OS)c1cc(Oc2c(F)c(F)c(F)c(F)c2F)c(Oc2c(F)c(F)c(F)c(F)c2F)c(Oc2c(F)c(F)c(F)c(F)c2F)c1-c1c(F)c(F)c(F)c(F)c1F.O=C(OS)c1cc(Oc2c(F)c(F)c(F)c(F)c2F)c(Oc2c(F)c(F)c(F)c(F)c2F)c(Oc2c(F)c(F)c(F)c(F)c2F)c1-c1c(F)c(F)c(F)c(F)c1F. The number of rotatable bonds is 16. The fourth-order valence-corrected chi connectivity index (χ4v) is 9.21. The summed E-state index contributed by atoms with van der Waals surface area (Å²) in [4.78, 5) is 25.8. The molecule has 0 saturated carbocycles. The van der Waals surface area contributed by atoms with E-state index in [4.69, 9.17) is 0 Å². The number of thiol groups is 2. The second kappa shape index (κ2) is 31.8. The number of carbonyl (C=O) groups excluding carboxylic acids is 2. The van der Waals surface area contributed by atoms with Crippen molar-refractivity contribution in [3.8, 4) is 91.2 Å². The van der Waals surface area contributed by atoms with Crippen LogP contribution in [-0.4, -0.2) is 11.9 Å². The van der Waals surface area contributed by atoms with Gasteiger partial charge in [-0.05, 0) is 0 Å². The van der Waals surface area contributed by atoms with Crippen LogP contribution in [0.25, 0.3) is 22.3 Å². The lowest BCUT2D eigenvalue weighted by Gasteiger charge is -2.23. The molecule has 114 heavy (non-hydrogen) atoms. The monoisotopic (exact) mass is 1730 g/mol. The summed E-state index contributed by atoms with van der Waals surface area (Å²) in [7, 11) is 0. The first-order chi connectivity index (χ1) is 53.0. The highest BCUT2D eigenvalue weighted by atomic mass is 32.1. The maximum atomic E-state index is 15.4. The number of benzene rings is 10. The van der Waals surface area contributed by atoms with Gasteiger partial charge in [-0.2, -0.15) is 52.7 Å². The van der Waals surface area contributed by atoms with Gasteiger partial charge in [0.1, 0.15) is 0 Å². The quantitative estimate of drug-likeness (QED) is 0.0319. The van der Waals surface area contributed by atoms with Gasteiger partial charge in [0, 0.05) is 49.1 Å². The molecule has 0 bridgehead atoms. The van der Waals surface area contributed by atoms with Crippen molar-refractivity contribution in [2.45, 2.75) is 0 Å². The molecule has 0 aromatic heterocycles. The Morgan fingerprint density at radius 3 is 0.456 bits per heavy atom. The summed E-state index contributed by atoms with van der Waals surface area (Å²) in [6, 6.07) is -0.979. The van der Waals surface area contributed by atoms with Gasteiger partial charge < -0.3 is 36.8 Å². The minimum absolute atomic E-state index is 0.489. The summed E-state index contributed by atoms with van der Waals surface area (Å²) in [5.41, 5.74) is -14.3. The summed E-state index contributed by atoms with van der Waals surface area (Å²) >= 11 is 5.94. The topological polar surface area (TPSA) is 108 Å². The van der Waals surface area contributed by atoms with Gasteiger partial charge in [-0.3, -0.25) is 0 Å². The van der Waals surface area contributed by atoms with Crippen LogP contribution in [0.15, 0.2) is 12.1 Å². The molecule has 0 spiro atoms. The summed E-state index contributed by atoms with van der Waals surface area (Å²) in [6.45, 7) is 0. The first kappa shape index (κ1) is 85.8. The Kier molecular flexibility index (Phi) is 23.9. The van der Waals surface area contributed by atoms with E-state index in [0.29, 0.717) is 0 Å². The molecule has 0 fully saturated rings. The molecule has 0 aliphatic heterocycles. The van der Waals surface area contributed by atoms with E-state index in [1.165, 1.54) is 0 Å². The van der Waals surface area contributed by atoms with E-state index < -0.39 is 359 Å². The number of halogens is 40. The summed E-state index contributed by atoms with van der Waals surface area (Å²) in [5.74, 6) is -159. The van der Waals surface area contributed by atoms with Crippen LogP contribution >= 0.6 is 25.8 Å². The predicted octanol–water partition coefficient (Wildman–Crippen LogP) is 23.0. The molecule has 52 heteroatoms. The molecule has 0 unspecified atom stereocenters. The molecule has 10 aromatic carbocycles. The van der Waals surface area contributed by atoms with E-state index in [1.54, 1.807) is 0 Å². The van der Waals surface area contributed by atoms with Crippen molar-refractivity contribution in [2.24, 2.45) is 0 Å². The molecule has 0 aliphatic carbocycles. The van der Waals surface area contributed by atoms with Crippen LogP contribution < -0.4 is 28.4 Å². The minimum Gasteiger partial charge on any atom is -0.447 e. The van der Waals surface area contributed by atoms with Crippen molar-refractivity contribution in [3.05, 3.63) is 256 Å². The van der Waals surface area contributed by atoms with Gasteiger partial charge in [-0.15, -0.1) is 0 Å². The second-order valence-electron chi connectivity index (χ2n) is 20.6. The van der Waals surface area contributed by atoms with Gasteiger partial charge in [0.15, 0.2) is 69.5 Å². The third-order valence-electron chi connectivity index (χ3n) is 14.2. The fraction of sp³-hybridized carbons (Fsp3) is 0. The lowest BCUT2D eigenvalue weighted by molar-refractivity contribution is 0.0762. The molecular weight excluding hydrogens is 1730 g/mol. The van der Waals surface area contributed by atoms with E-state index in [9.17, 15) is 168 Å². The first-order valence-electron chi connectivity index (χ1n) is 27.3. The van der Waals surface area contributed by atoms with Crippen LogP contribution in [0.1, 0.15) is 20.7 Å². The summed E-state index contributed by atoms with van der Waals surface area (Å²) in [6.07, 6.45) is 0. The van der Waals surface area contributed by atoms with Crippen molar-refractivity contribution in [1.82, 2.24) is 0 Å². The van der Waals surface area contributed by atoms with Crippen LogP contribution in [-0.2, 0) is 8.37 Å². The third-order valence-corrected chi connectivity index (χ3v) is 14.5. The van der Waals surface area contributed by atoms with Crippen LogP contribution in [0.4, 0.5) is 176 Å². The lowest BCUT2D eigenvalue weighted by Crippen LogP contribution is -2.13. The average molecular weight is 1730 g/mol. The van der Waals surface area contributed by atoms with E-state index in [1.807, 2.05) is 0 Å². The molecular formula is C62H4F40O10S2. The van der Waals surface area contributed by atoms with Gasteiger partial charge >= 0.3 is 11.9 Å². The zero-order valence-electron chi connectivity index (χ0n) is 51.3. The Labute approximate surface area is 605 Å². The Morgan fingerprint density at radius 1 is 0.167 bits per heavy atom. The normalized spacial score (nSPS) is 11.3. The molecule has 10 aromatic rings. The fourth-order valence-electron chi connectivity index (χ4n) is 9.01. The van der Waals surface area contributed by atoms with Gasteiger partial charge in [0.25, 0.3) is 0 Å². The molecule has 0 atom stereocenters. The van der Waals surface area contributed by atoms with Crippen LogP contribution in [0.5, 0.6) is 69.0 Å². The Hall–Kier alpha value is -12.2. The Bertz CT molecular complexity index is 5290. The van der Waals surface area contributed by atoms with Crippen LogP contribution in [0.2, 0.25) is 0 Å². The molecule has 604 valence electrons. The first-order valence-corrected chi connectivity index (χ1v) is 28.1. The predicted molar refractivity (Wildman–Crippen MR) is 290 cm³/mol. The molecule has 0 saturated heterocycles. The van der Waals surface area contributed by atoms with E-state index in [0.717, 1.165) is 0 Å². The van der Waals surface area contributed by atoms with E-state index in [2.05, 4.69) is 62.6 Å². The zero-order valence-corrected chi connectivity index (χ0v) is 53.0. The molecule has 0 N–H and O–H groups in total. The number of carbonyl (C=O) groups is 2. The van der Waals surface area contributed by atoms with Crippen molar-refractivity contribution in [2.75, 3.05) is 0 Å². The molecule has 0 heterocycles. The smallest absolute Gasteiger partial charge is 0.350 e. The highest BCUT2D eigenvalue weighted by Crippen LogP contribution is 2.58. The molecule has 0 aliphatic rings. The van der Waals surface area contributed by atoms with Gasteiger partial charge in [0.05, 0.1) is 22.3 Å². The van der Waals surface area contributed by atoms with Crippen molar-refractivity contribution < 1.29 is 222 Å². The van der Waals surface area contributed by atoms with Gasteiger partial charge in [0.2, 0.25) is 232 Å². The zero-order chi connectivity index (χ0) is 85.7. The summed E-state index contributed by atoms with van der Waals surface area (Å²) < 4.78 is 615. The average Bonchev–Trinajstić information content (AvgIpc) is 0.733. The van der Waals surface area contributed by atoms with Crippen molar-refractivity contribution in [3.63, 3.8) is 0 Å². The molecule has 0 radical (unpaired) electrons. The molecule has 0 amide bonds. The van der Waals surface area contributed by atoms with Gasteiger partial charge in [-0.1, -0.05) is 0 Å². The second-order valence-corrected chi connectivity index (χ2v) is 20.9. The number of ether oxygens (including phenoxy) is 6. The van der Waals surface area contributed by atoms with Crippen LogP contribution in [0.3, 0.4) is 0 Å². The number of hydrogen-bond donors (Lipinski definition) is 2. The molecule has 10 rings (SSSR count).